The summed E-state index contributed by atoms with van der Waals surface area (Å²) in [5, 5.41) is 0. The zero-order valence-corrected chi connectivity index (χ0v) is 11.7. The molecule has 1 atom stereocenters. The lowest BCUT2D eigenvalue weighted by Gasteiger charge is -2.36. The molecule has 2 saturated heterocycles. The molecule has 0 amide bonds. The van der Waals surface area contributed by atoms with E-state index in [1.54, 1.807) is 0 Å². The molecule has 110 valence electrons. The minimum Gasteiger partial charge on any atom is -0.298 e. The van der Waals surface area contributed by atoms with E-state index >= 15 is 0 Å². The lowest BCUT2D eigenvalue weighted by molar-refractivity contribution is 0.158. The quantitative estimate of drug-likeness (QED) is 0.830. The van der Waals surface area contributed by atoms with Crippen LogP contribution in [0.2, 0.25) is 0 Å². The first-order valence-corrected chi connectivity index (χ1v) is 8.12. The molecule has 0 bridgehead atoms. The number of nitrogens with zero attached hydrogens (tertiary/aromatic N) is 2. The van der Waals surface area contributed by atoms with Crippen LogP contribution in [0, 0.1) is 11.6 Å². The molecule has 3 rings (SSSR count). The molecule has 0 unspecified atom stereocenters. The van der Waals surface area contributed by atoms with E-state index in [9.17, 15) is 17.2 Å². The maximum atomic E-state index is 13.7. The summed E-state index contributed by atoms with van der Waals surface area (Å²) < 4.78 is 52.8. The summed E-state index contributed by atoms with van der Waals surface area (Å²) in [5.74, 6) is -1.80. The maximum absolute atomic E-state index is 13.7. The molecular weight excluding hydrogens is 286 g/mol. The summed E-state index contributed by atoms with van der Waals surface area (Å²) in [6.07, 6.45) is 2.04. The van der Waals surface area contributed by atoms with Crippen molar-refractivity contribution in [3.8, 4) is 0 Å². The van der Waals surface area contributed by atoms with Crippen molar-refractivity contribution < 1.29 is 17.2 Å². The highest BCUT2D eigenvalue weighted by Crippen LogP contribution is 2.27. The van der Waals surface area contributed by atoms with Gasteiger partial charge in [0.15, 0.2) is 0 Å². The van der Waals surface area contributed by atoms with Crippen LogP contribution in [-0.2, 0) is 10.0 Å². The van der Waals surface area contributed by atoms with Crippen molar-refractivity contribution in [1.29, 1.82) is 0 Å². The second-order valence-electron chi connectivity index (χ2n) is 5.27. The van der Waals surface area contributed by atoms with Gasteiger partial charge in [0.2, 0.25) is 10.0 Å². The molecule has 0 aliphatic carbocycles. The third-order valence-corrected chi connectivity index (χ3v) is 5.96. The molecule has 0 saturated carbocycles. The van der Waals surface area contributed by atoms with Crippen molar-refractivity contribution in [2.24, 2.45) is 0 Å². The Morgan fingerprint density at radius 3 is 2.70 bits per heavy atom. The SMILES string of the molecule is O=S(=O)(c1ccc(F)cc1F)N1CCN2CCC[C@@H]2C1. The standard InChI is InChI=1S/C13H16F2N2O2S/c14-10-3-4-13(12(15)8-10)20(18,19)17-7-6-16-5-1-2-11(16)9-17/h3-4,8,11H,1-2,5-7,9H2/t11-/m1/s1. The molecule has 2 aliphatic heterocycles. The monoisotopic (exact) mass is 302 g/mol. The third kappa shape index (κ3) is 2.34. The molecule has 1 aromatic rings. The third-order valence-electron chi connectivity index (χ3n) is 4.06. The van der Waals surface area contributed by atoms with Crippen molar-refractivity contribution in [3.05, 3.63) is 29.8 Å². The van der Waals surface area contributed by atoms with Crippen molar-refractivity contribution in [2.75, 3.05) is 26.2 Å². The molecule has 2 aliphatic rings. The number of fused-ring (bicyclic) bond motifs is 1. The van der Waals surface area contributed by atoms with E-state index in [-0.39, 0.29) is 6.04 Å². The van der Waals surface area contributed by atoms with Gasteiger partial charge in [-0.05, 0) is 31.5 Å². The molecule has 0 N–H and O–H groups in total. The largest absolute Gasteiger partial charge is 0.298 e. The molecule has 2 fully saturated rings. The molecule has 1 aromatic carbocycles. The van der Waals surface area contributed by atoms with Gasteiger partial charge < -0.3 is 0 Å². The second kappa shape index (κ2) is 5.05. The predicted molar refractivity (Wildman–Crippen MR) is 69.7 cm³/mol. The van der Waals surface area contributed by atoms with Gasteiger partial charge in [-0.15, -0.1) is 0 Å². The van der Waals surface area contributed by atoms with Crippen LogP contribution < -0.4 is 0 Å². The van der Waals surface area contributed by atoms with E-state index in [0.717, 1.165) is 31.5 Å². The van der Waals surface area contributed by atoms with Gasteiger partial charge in [0, 0.05) is 31.7 Å². The van der Waals surface area contributed by atoms with Crippen molar-refractivity contribution in [1.82, 2.24) is 9.21 Å². The Morgan fingerprint density at radius 2 is 1.95 bits per heavy atom. The molecule has 20 heavy (non-hydrogen) atoms. The lowest BCUT2D eigenvalue weighted by Crippen LogP contribution is -2.52. The topological polar surface area (TPSA) is 40.6 Å². The van der Waals surface area contributed by atoms with Crippen molar-refractivity contribution >= 4 is 10.0 Å². The fourth-order valence-corrected chi connectivity index (χ4v) is 4.52. The van der Waals surface area contributed by atoms with E-state index < -0.39 is 26.6 Å². The van der Waals surface area contributed by atoms with Gasteiger partial charge in [-0.1, -0.05) is 0 Å². The summed E-state index contributed by atoms with van der Waals surface area (Å²) in [6, 6.07) is 2.81. The average Bonchev–Trinajstić information content (AvgIpc) is 2.85. The van der Waals surface area contributed by atoms with Crippen LogP contribution in [0.25, 0.3) is 0 Å². The Kier molecular flexibility index (Phi) is 3.51. The van der Waals surface area contributed by atoms with Crippen LogP contribution >= 0.6 is 0 Å². The van der Waals surface area contributed by atoms with E-state index in [1.807, 2.05) is 0 Å². The number of benzene rings is 1. The minimum atomic E-state index is -3.88. The highest BCUT2D eigenvalue weighted by atomic mass is 32.2. The Balaban J connectivity index is 1.88. The van der Waals surface area contributed by atoms with Gasteiger partial charge in [0.25, 0.3) is 0 Å². The molecule has 0 radical (unpaired) electrons. The van der Waals surface area contributed by atoms with Crippen LogP contribution in [0.1, 0.15) is 12.8 Å². The zero-order chi connectivity index (χ0) is 14.3. The van der Waals surface area contributed by atoms with E-state index in [1.165, 1.54) is 4.31 Å². The number of piperazine rings is 1. The van der Waals surface area contributed by atoms with Gasteiger partial charge in [0.05, 0.1) is 0 Å². The Morgan fingerprint density at radius 1 is 1.15 bits per heavy atom. The molecular formula is C13H16F2N2O2S. The van der Waals surface area contributed by atoms with Crippen LogP contribution in [0.15, 0.2) is 23.1 Å². The molecule has 7 heteroatoms. The van der Waals surface area contributed by atoms with Gasteiger partial charge >= 0.3 is 0 Å². The van der Waals surface area contributed by atoms with Gasteiger partial charge in [-0.3, -0.25) is 4.90 Å². The normalized spacial score (nSPS) is 24.8. The van der Waals surface area contributed by atoms with Crippen LogP contribution in [0.4, 0.5) is 8.78 Å². The smallest absolute Gasteiger partial charge is 0.246 e. The van der Waals surface area contributed by atoms with Crippen LogP contribution in [0.5, 0.6) is 0 Å². The van der Waals surface area contributed by atoms with Gasteiger partial charge in [-0.25, -0.2) is 17.2 Å². The number of sulfonamides is 1. The first-order chi connectivity index (χ1) is 9.48. The maximum Gasteiger partial charge on any atom is 0.246 e. The Labute approximate surface area is 117 Å². The van der Waals surface area contributed by atoms with Gasteiger partial charge in [0.1, 0.15) is 16.5 Å². The first kappa shape index (κ1) is 13.9. The number of rotatable bonds is 2. The van der Waals surface area contributed by atoms with E-state index in [4.69, 9.17) is 0 Å². The summed E-state index contributed by atoms with van der Waals surface area (Å²) in [4.78, 5) is 1.83. The zero-order valence-electron chi connectivity index (χ0n) is 10.9. The Hall–Kier alpha value is -1.05. The second-order valence-corrected chi connectivity index (χ2v) is 7.18. The van der Waals surface area contributed by atoms with Crippen molar-refractivity contribution in [2.45, 2.75) is 23.8 Å². The predicted octanol–water partition coefficient (Wildman–Crippen LogP) is 1.43. The lowest BCUT2D eigenvalue weighted by atomic mass is 10.2. The average molecular weight is 302 g/mol. The number of hydrogen-bond acceptors (Lipinski definition) is 3. The fraction of sp³-hybridized carbons (Fsp3) is 0.538. The van der Waals surface area contributed by atoms with Crippen molar-refractivity contribution in [3.63, 3.8) is 0 Å². The number of hydrogen-bond donors (Lipinski definition) is 0. The van der Waals surface area contributed by atoms with Crippen LogP contribution in [-0.4, -0.2) is 49.8 Å². The summed E-state index contributed by atoms with van der Waals surface area (Å²) in [6.45, 7) is 2.42. The summed E-state index contributed by atoms with van der Waals surface area (Å²) >= 11 is 0. The van der Waals surface area contributed by atoms with E-state index in [0.29, 0.717) is 25.7 Å². The van der Waals surface area contributed by atoms with E-state index in [2.05, 4.69) is 4.90 Å². The number of halogens is 2. The minimum absolute atomic E-state index is 0.224. The van der Waals surface area contributed by atoms with Crippen LogP contribution in [0.3, 0.4) is 0 Å². The fourth-order valence-electron chi connectivity index (χ4n) is 3.00. The molecule has 0 aromatic heterocycles. The van der Waals surface area contributed by atoms with Gasteiger partial charge in [-0.2, -0.15) is 4.31 Å². The summed E-state index contributed by atoms with van der Waals surface area (Å²) in [5.41, 5.74) is 0. The molecule has 2 heterocycles. The molecule has 4 nitrogen and oxygen atoms in total. The highest BCUT2D eigenvalue weighted by molar-refractivity contribution is 7.89. The first-order valence-electron chi connectivity index (χ1n) is 6.68. The Bertz CT molecular complexity index is 621. The highest BCUT2D eigenvalue weighted by Gasteiger charge is 2.37. The summed E-state index contributed by atoms with van der Waals surface area (Å²) in [7, 11) is -3.88. The molecule has 0 spiro atoms.